The molecule has 1 amide bonds. The van der Waals surface area contributed by atoms with E-state index in [0.717, 1.165) is 0 Å². The summed E-state index contributed by atoms with van der Waals surface area (Å²) in [7, 11) is 1.44. The molecule has 8 heteroatoms. The molecule has 0 aliphatic carbocycles. The number of nitrogens with one attached hydrogen (secondary N) is 1. The number of nitrogens with zero attached hydrogens (tertiary/aromatic N) is 1. The number of aromatic carboxylic acids is 1. The van der Waals surface area contributed by atoms with Gasteiger partial charge in [-0.15, -0.1) is 0 Å². The fraction of sp³-hybridized carbons (Fsp3) is 0.143. The first kappa shape index (κ1) is 18.9. The average Bonchev–Trinajstić information content (AvgIpc) is 3.07. The molecule has 7 nitrogen and oxygen atoms in total. The van der Waals surface area contributed by atoms with Crippen molar-refractivity contribution in [2.45, 2.75) is 12.3 Å². The maximum Gasteiger partial charge on any atom is 0.339 e. The number of anilines is 1. The molecule has 1 aliphatic rings. The number of fused-ring (bicyclic) bond motifs is 1. The number of carboxylic acids is 1. The van der Waals surface area contributed by atoms with Crippen LogP contribution < -0.4 is 10.1 Å². The Balaban J connectivity index is 1.97. The first-order chi connectivity index (χ1) is 13.9. The summed E-state index contributed by atoms with van der Waals surface area (Å²) >= 11 is 6.14. The van der Waals surface area contributed by atoms with Crippen molar-refractivity contribution in [1.29, 1.82) is 0 Å². The lowest BCUT2D eigenvalue weighted by Gasteiger charge is -2.26. The Morgan fingerprint density at radius 3 is 2.76 bits per heavy atom. The van der Waals surface area contributed by atoms with Crippen LogP contribution in [0.3, 0.4) is 0 Å². The van der Waals surface area contributed by atoms with Gasteiger partial charge in [-0.25, -0.2) is 4.79 Å². The van der Waals surface area contributed by atoms with Crippen molar-refractivity contribution in [3.05, 3.63) is 70.5 Å². The molecule has 0 saturated heterocycles. The second-order valence-electron chi connectivity index (χ2n) is 6.69. The number of halogens is 1. The molecule has 0 spiro atoms. The van der Waals surface area contributed by atoms with Crippen LogP contribution in [-0.2, 0) is 4.79 Å². The smallest absolute Gasteiger partial charge is 0.339 e. The van der Waals surface area contributed by atoms with Gasteiger partial charge in [0.1, 0.15) is 5.56 Å². The number of carbonyl (C=O) groups is 2. The predicted molar refractivity (Wildman–Crippen MR) is 107 cm³/mol. The van der Waals surface area contributed by atoms with Gasteiger partial charge >= 0.3 is 5.97 Å². The minimum atomic E-state index is -1.15. The Hall–Kier alpha value is -3.45. The number of aromatic hydroxyl groups is 1. The Labute approximate surface area is 171 Å². The van der Waals surface area contributed by atoms with Crippen LogP contribution in [-0.4, -0.2) is 33.8 Å². The lowest BCUT2D eigenvalue weighted by molar-refractivity contribution is -0.116. The van der Waals surface area contributed by atoms with Crippen LogP contribution >= 0.6 is 11.6 Å². The van der Waals surface area contributed by atoms with Gasteiger partial charge in [0.05, 0.1) is 18.5 Å². The zero-order valence-corrected chi connectivity index (χ0v) is 16.1. The van der Waals surface area contributed by atoms with Gasteiger partial charge in [-0.05, 0) is 35.9 Å². The third-order valence-corrected chi connectivity index (χ3v) is 5.19. The van der Waals surface area contributed by atoms with E-state index in [2.05, 4.69) is 5.32 Å². The van der Waals surface area contributed by atoms with Gasteiger partial charge in [-0.2, -0.15) is 0 Å². The van der Waals surface area contributed by atoms with Gasteiger partial charge < -0.3 is 24.8 Å². The molecule has 0 bridgehead atoms. The first-order valence-electron chi connectivity index (χ1n) is 8.80. The molecule has 4 rings (SSSR count). The minimum absolute atomic E-state index is 0.0104. The SMILES string of the molecule is COc1cc(C2CC(=O)Nc3c(C(=O)O)cn(-c4cccc(Cl)c4)c32)ccc1O. The number of hydrogen-bond acceptors (Lipinski definition) is 4. The number of amides is 1. The van der Waals surface area contributed by atoms with Crippen molar-refractivity contribution < 1.29 is 24.5 Å². The van der Waals surface area contributed by atoms with E-state index in [4.69, 9.17) is 16.3 Å². The summed E-state index contributed by atoms with van der Waals surface area (Å²) in [6, 6.07) is 11.9. The Morgan fingerprint density at radius 2 is 2.07 bits per heavy atom. The van der Waals surface area contributed by atoms with E-state index >= 15 is 0 Å². The highest BCUT2D eigenvalue weighted by Crippen LogP contribution is 2.43. The molecule has 1 unspecified atom stereocenters. The number of rotatable bonds is 4. The van der Waals surface area contributed by atoms with Crippen LogP contribution in [0.4, 0.5) is 5.69 Å². The summed E-state index contributed by atoms with van der Waals surface area (Å²) < 4.78 is 6.93. The van der Waals surface area contributed by atoms with Gasteiger partial charge in [-0.1, -0.05) is 23.7 Å². The number of phenolic OH excluding ortho intramolecular Hbond substituents is 1. The Bertz CT molecular complexity index is 1140. The van der Waals surface area contributed by atoms with Gasteiger partial charge in [0.15, 0.2) is 11.5 Å². The molecule has 1 aromatic heterocycles. The lowest BCUT2D eigenvalue weighted by atomic mass is 9.88. The van der Waals surface area contributed by atoms with Crippen LogP contribution in [0, 0.1) is 0 Å². The molecule has 2 aromatic carbocycles. The maximum atomic E-state index is 12.4. The van der Waals surface area contributed by atoms with Crippen LogP contribution in [0.5, 0.6) is 11.5 Å². The van der Waals surface area contributed by atoms with Crippen molar-refractivity contribution in [2.24, 2.45) is 0 Å². The van der Waals surface area contributed by atoms with Crippen LogP contribution in [0.25, 0.3) is 5.69 Å². The molecule has 3 aromatic rings. The third kappa shape index (κ3) is 3.30. The Kier molecular flexibility index (Phi) is 4.68. The summed E-state index contributed by atoms with van der Waals surface area (Å²) in [5, 5.41) is 22.8. The van der Waals surface area contributed by atoms with E-state index in [1.54, 1.807) is 34.9 Å². The number of ether oxygens (including phenoxy) is 1. The van der Waals surface area contributed by atoms with Gasteiger partial charge in [0.2, 0.25) is 5.91 Å². The number of aromatic nitrogens is 1. The summed E-state index contributed by atoms with van der Waals surface area (Å²) in [5.74, 6) is -1.63. The van der Waals surface area contributed by atoms with Crippen LogP contribution in [0.1, 0.15) is 34.0 Å². The molecule has 29 heavy (non-hydrogen) atoms. The highest BCUT2D eigenvalue weighted by Gasteiger charge is 2.34. The van der Waals surface area contributed by atoms with E-state index < -0.39 is 11.9 Å². The molecular formula is C21H17ClN2O5. The number of phenols is 1. The molecule has 1 aliphatic heterocycles. The summed E-state index contributed by atoms with van der Waals surface area (Å²) in [4.78, 5) is 24.2. The first-order valence-corrected chi connectivity index (χ1v) is 9.18. The summed E-state index contributed by atoms with van der Waals surface area (Å²) in [6.45, 7) is 0. The number of methoxy groups -OCH3 is 1. The van der Waals surface area contributed by atoms with Gasteiger partial charge in [0, 0.05) is 29.2 Å². The van der Waals surface area contributed by atoms with Crippen molar-refractivity contribution in [1.82, 2.24) is 4.57 Å². The highest BCUT2D eigenvalue weighted by atomic mass is 35.5. The molecule has 148 valence electrons. The van der Waals surface area contributed by atoms with E-state index in [9.17, 15) is 19.8 Å². The normalized spacial score (nSPS) is 15.5. The number of hydrogen-bond donors (Lipinski definition) is 3. The fourth-order valence-electron chi connectivity index (χ4n) is 3.66. The van der Waals surface area contributed by atoms with Crippen LogP contribution in [0.2, 0.25) is 5.02 Å². The van der Waals surface area contributed by atoms with Gasteiger partial charge in [0.25, 0.3) is 0 Å². The number of benzene rings is 2. The van der Waals surface area contributed by atoms with E-state index in [0.29, 0.717) is 22.0 Å². The second-order valence-corrected chi connectivity index (χ2v) is 7.13. The zero-order chi connectivity index (χ0) is 20.7. The number of carbonyl (C=O) groups excluding carboxylic acids is 1. The van der Waals surface area contributed by atoms with Crippen molar-refractivity contribution in [3.63, 3.8) is 0 Å². The maximum absolute atomic E-state index is 12.4. The quantitative estimate of drug-likeness (QED) is 0.601. The summed E-state index contributed by atoms with van der Waals surface area (Å²) in [5.41, 5.74) is 2.26. The van der Waals surface area contributed by atoms with Crippen molar-refractivity contribution in [3.8, 4) is 17.2 Å². The molecule has 1 atom stereocenters. The van der Waals surface area contributed by atoms with Crippen LogP contribution in [0.15, 0.2) is 48.7 Å². The molecule has 0 fully saturated rings. The minimum Gasteiger partial charge on any atom is -0.504 e. The van der Waals surface area contributed by atoms with E-state index in [-0.39, 0.29) is 35.1 Å². The largest absolute Gasteiger partial charge is 0.504 e. The lowest BCUT2D eigenvalue weighted by Crippen LogP contribution is -2.25. The molecular weight excluding hydrogens is 396 g/mol. The number of carboxylic acid groups (broad SMARTS) is 1. The fourth-order valence-corrected chi connectivity index (χ4v) is 3.84. The molecule has 0 radical (unpaired) electrons. The average molecular weight is 413 g/mol. The zero-order valence-electron chi connectivity index (χ0n) is 15.3. The third-order valence-electron chi connectivity index (χ3n) is 4.95. The van der Waals surface area contributed by atoms with E-state index in [1.807, 2.05) is 6.07 Å². The molecule has 2 heterocycles. The molecule has 3 N–H and O–H groups in total. The van der Waals surface area contributed by atoms with Crippen molar-refractivity contribution >= 4 is 29.2 Å². The molecule has 0 saturated carbocycles. The summed E-state index contributed by atoms with van der Waals surface area (Å²) in [6.07, 6.45) is 1.60. The van der Waals surface area contributed by atoms with Crippen molar-refractivity contribution in [2.75, 3.05) is 12.4 Å². The predicted octanol–water partition coefficient (Wildman–Crippen LogP) is 4.02. The van der Waals surface area contributed by atoms with Gasteiger partial charge in [-0.3, -0.25) is 4.79 Å². The van der Waals surface area contributed by atoms with E-state index in [1.165, 1.54) is 19.4 Å². The highest BCUT2D eigenvalue weighted by molar-refractivity contribution is 6.30. The monoisotopic (exact) mass is 412 g/mol. The second kappa shape index (κ2) is 7.18. The Morgan fingerprint density at radius 1 is 1.28 bits per heavy atom. The standard InChI is InChI=1S/C21H17ClN2O5/c1-29-17-7-11(5-6-16(17)25)14-9-18(26)23-19-15(21(27)28)10-24(20(14)19)13-4-2-3-12(22)8-13/h2-8,10,14,25H,9H2,1H3,(H,23,26)(H,27,28). The topological polar surface area (TPSA) is 101 Å².